The lowest BCUT2D eigenvalue weighted by Gasteiger charge is -2.33. The van der Waals surface area contributed by atoms with Crippen LogP contribution in [0.3, 0.4) is 0 Å². The molecule has 0 radical (unpaired) electrons. The van der Waals surface area contributed by atoms with E-state index >= 15 is 0 Å². The summed E-state index contributed by atoms with van der Waals surface area (Å²) < 4.78 is 45.9. The van der Waals surface area contributed by atoms with Crippen molar-refractivity contribution >= 4 is 34.1 Å². The van der Waals surface area contributed by atoms with E-state index in [-0.39, 0.29) is 23.8 Å². The number of anilines is 1. The minimum Gasteiger partial charge on any atom is -0.363 e. The molecule has 5 heterocycles. The second-order valence-corrected chi connectivity index (χ2v) is 8.29. The van der Waals surface area contributed by atoms with Gasteiger partial charge in [-0.25, -0.2) is 19.2 Å². The minimum atomic E-state index is -4.48. The Morgan fingerprint density at radius 2 is 1.91 bits per heavy atom. The smallest absolute Gasteiger partial charge is 0.363 e. The largest absolute Gasteiger partial charge is 0.410 e. The molecule has 0 spiro atoms. The van der Waals surface area contributed by atoms with E-state index in [2.05, 4.69) is 30.6 Å². The Bertz CT molecular complexity index is 1500. The molecule has 33 heavy (non-hydrogen) atoms. The first-order valence-electron chi connectivity index (χ1n) is 9.99. The first-order valence-corrected chi connectivity index (χ1v) is 10.4. The molecular formula is C20H15ClF3N9. The standard InChI is InChI=1S/C20H15ClF3N9/c1-31-18-12(8-26-31)19-28-17(30-32(19)9-25-18)14-7-16-27-13(10-2-4-11(21)5-3-10)6-15(20(22,23)24)33(16)29-14/h2-5,7-9,13,15,27H,6H2,1H3/t13-,15+/m1/s1. The van der Waals surface area contributed by atoms with Crippen LogP contribution in [0, 0.1) is 0 Å². The first-order chi connectivity index (χ1) is 15.8. The van der Waals surface area contributed by atoms with Gasteiger partial charge in [-0.15, -0.1) is 5.10 Å². The van der Waals surface area contributed by atoms with Crippen molar-refractivity contribution in [3.63, 3.8) is 0 Å². The number of hydrogen-bond donors (Lipinski definition) is 1. The van der Waals surface area contributed by atoms with E-state index in [4.69, 9.17) is 11.6 Å². The average molecular weight is 474 g/mol. The van der Waals surface area contributed by atoms with Crippen molar-refractivity contribution in [3.05, 3.63) is 53.4 Å². The fourth-order valence-electron chi connectivity index (χ4n) is 4.14. The van der Waals surface area contributed by atoms with Gasteiger partial charge >= 0.3 is 6.18 Å². The highest BCUT2D eigenvalue weighted by Crippen LogP contribution is 2.44. The molecule has 4 aromatic heterocycles. The number of halogens is 4. The van der Waals surface area contributed by atoms with Crippen molar-refractivity contribution in [3.8, 4) is 11.5 Å². The van der Waals surface area contributed by atoms with Crippen molar-refractivity contribution in [2.75, 3.05) is 5.32 Å². The predicted octanol–water partition coefficient (Wildman–Crippen LogP) is 4.19. The Morgan fingerprint density at radius 3 is 2.67 bits per heavy atom. The molecule has 1 aliphatic heterocycles. The van der Waals surface area contributed by atoms with Crippen LogP contribution >= 0.6 is 11.6 Å². The Hall–Kier alpha value is -3.67. The van der Waals surface area contributed by atoms with Crippen molar-refractivity contribution in [1.29, 1.82) is 0 Å². The van der Waals surface area contributed by atoms with E-state index in [9.17, 15) is 13.2 Å². The average Bonchev–Trinajstić information content (AvgIpc) is 3.48. The van der Waals surface area contributed by atoms with Crippen LogP contribution in [-0.4, -0.2) is 45.3 Å². The predicted molar refractivity (Wildman–Crippen MR) is 114 cm³/mol. The van der Waals surface area contributed by atoms with Gasteiger partial charge in [0, 0.05) is 24.6 Å². The van der Waals surface area contributed by atoms with Gasteiger partial charge in [0.2, 0.25) is 5.82 Å². The maximum atomic E-state index is 14.0. The molecule has 168 valence electrons. The van der Waals surface area contributed by atoms with E-state index < -0.39 is 18.3 Å². The topological polar surface area (TPSA) is 90.8 Å². The number of nitrogens with one attached hydrogen (secondary N) is 1. The second-order valence-electron chi connectivity index (χ2n) is 7.85. The summed E-state index contributed by atoms with van der Waals surface area (Å²) in [6.45, 7) is 0. The first kappa shape index (κ1) is 20.0. The van der Waals surface area contributed by atoms with Crippen molar-refractivity contribution in [1.82, 2.24) is 39.1 Å². The third-order valence-corrected chi connectivity index (χ3v) is 6.01. The Morgan fingerprint density at radius 1 is 1.12 bits per heavy atom. The lowest BCUT2D eigenvalue weighted by atomic mass is 9.97. The number of hydrogen-bond acceptors (Lipinski definition) is 6. The van der Waals surface area contributed by atoms with Gasteiger partial charge in [0.1, 0.15) is 17.8 Å². The third-order valence-electron chi connectivity index (χ3n) is 5.76. The maximum absolute atomic E-state index is 14.0. The fraction of sp³-hybridized carbons (Fsp3) is 0.250. The molecule has 1 N–H and O–H groups in total. The summed E-state index contributed by atoms with van der Waals surface area (Å²) >= 11 is 5.94. The van der Waals surface area contributed by atoms with Crippen molar-refractivity contribution in [2.24, 2.45) is 7.05 Å². The molecule has 0 unspecified atom stereocenters. The highest BCUT2D eigenvalue weighted by Gasteiger charge is 2.46. The highest BCUT2D eigenvalue weighted by atomic mass is 35.5. The molecule has 1 aliphatic rings. The normalized spacial score (nSPS) is 18.6. The van der Waals surface area contributed by atoms with E-state index in [0.29, 0.717) is 27.3 Å². The lowest BCUT2D eigenvalue weighted by Crippen LogP contribution is -2.35. The second kappa shape index (κ2) is 6.91. The van der Waals surface area contributed by atoms with E-state index in [1.54, 1.807) is 42.2 Å². The quantitative estimate of drug-likeness (QED) is 0.413. The van der Waals surface area contributed by atoms with Crippen LogP contribution in [0.15, 0.2) is 42.9 Å². The zero-order valence-corrected chi connectivity index (χ0v) is 17.7. The summed E-state index contributed by atoms with van der Waals surface area (Å²) in [5, 5.41) is 17.1. The third kappa shape index (κ3) is 3.20. The maximum Gasteiger partial charge on any atom is 0.410 e. The van der Waals surface area contributed by atoms with Gasteiger partial charge in [0.25, 0.3) is 0 Å². The van der Waals surface area contributed by atoms with Crippen molar-refractivity contribution < 1.29 is 13.2 Å². The summed E-state index contributed by atoms with van der Waals surface area (Å²) in [5.41, 5.74) is 2.05. The number of benzene rings is 1. The molecule has 5 aromatic rings. The number of alkyl halides is 3. The molecule has 0 aliphatic carbocycles. The highest BCUT2D eigenvalue weighted by molar-refractivity contribution is 6.30. The SMILES string of the molecule is Cn1ncc2c1ncn1nc(-c3cc4n(n3)[C@H](C(F)(F)F)C[C@H](c3ccc(Cl)cc3)N4)nc21. The number of aryl methyl sites for hydroxylation is 1. The zero-order chi connectivity index (χ0) is 22.9. The summed E-state index contributed by atoms with van der Waals surface area (Å²) in [4.78, 5) is 8.80. The number of aromatic nitrogens is 8. The van der Waals surface area contributed by atoms with Gasteiger partial charge in [-0.3, -0.25) is 4.68 Å². The summed E-state index contributed by atoms with van der Waals surface area (Å²) in [6, 6.07) is 5.93. The monoisotopic (exact) mass is 473 g/mol. The van der Waals surface area contributed by atoms with Gasteiger partial charge in [-0.05, 0) is 17.7 Å². The molecule has 2 atom stereocenters. The Balaban J connectivity index is 1.44. The van der Waals surface area contributed by atoms with Crippen LogP contribution in [0.2, 0.25) is 5.02 Å². The molecule has 0 bridgehead atoms. The molecule has 0 fully saturated rings. The molecular weight excluding hydrogens is 459 g/mol. The van der Waals surface area contributed by atoms with Crippen LogP contribution in [-0.2, 0) is 7.05 Å². The van der Waals surface area contributed by atoms with Crippen LogP contribution in [0.5, 0.6) is 0 Å². The van der Waals surface area contributed by atoms with Gasteiger partial charge < -0.3 is 5.32 Å². The van der Waals surface area contributed by atoms with Gasteiger partial charge in [-0.1, -0.05) is 23.7 Å². The number of fused-ring (bicyclic) bond motifs is 4. The van der Waals surface area contributed by atoms with E-state index in [1.165, 1.54) is 16.9 Å². The number of nitrogens with zero attached hydrogens (tertiary/aromatic N) is 8. The molecule has 0 saturated carbocycles. The zero-order valence-electron chi connectivity index (χ0n) is 17.0. The molecule has 9 nitrogen and oxygen atoms in total. The Labute approximate surface area is 188 Å². The minimum absolute atomic E-state index is 0.195. The van der Waals surface area contributed by atoms with Gasteiger partial charge in [0.15, 0.2) is 17.3 Å². The Kier molecular flexibility index (Phi) is 4.18. The number of rotatable bonds is 2. The molecule has 1 aromatic carbocycles. The summed E-state index contributed by atoms with van der Waals surface area (Å²) in [7, 11) is 1.76. The molecule has 13 heteroatoms. The van der Waals surface area contributed by atoms with Crippen LogP contribution in [0.25, 0.3) is 28.2 Å². The molecule has 6 rings (SSSR count). The molecule has 0 amide bonds. The fourth-order valence-corrected chi connectivity index (χ4v) is 4.27. The van der Waals surface area contributed by atoms with Crippen LogP contribution in [0.4, 0.5) is 19.0 Å². The van der Waals surface area contributed by atoms with Gasteiger partial charge in [0.05, 0.1) is 17.6 Å². The summed E-state index contributed by atoms with van der Waals surface area (Å²) in [6.07, 6.45) is -1.59. The van der Waals surface area contributed by atoms with Gasteiger partial charge in [-0.2, -0.15) is 23.4 Å². The lowest BCUT2D eigenvalue weighted by molar-refractivity contribution is -0.173. The summed E-state index contributed by atoms with van der Waals surface area (Å²) in [5.74, 6) is 0.433. The van der Waals surface area contributed by atoms with Crippen LogP contribution in [0.1, 0.15) is 24.1 Å². The van der Waals surface area contributed by atoms with Crippen molar-refractivity contribution in [2.45, 2.75) is 24.7 Å². The van der Waals surface area contributed by atoms with Crippen LogP contribution < -0.4 is 5.32 Å². The molecule has 0 saturated heterocycles. The van der Waals surface area contributed by atoms with E-state index in [0.717, 1.165) is 4.68 Å². The van der Waals surface area contributed by atoms with E-state index in [1.807, 2.05) is 0 Å².